The number of hydrogen-bond acceptors (Lipinski definition) is 2. The van der Waals surface area contributed by atoms with Gasteiger partial charge in [0.2, 0.25) is 0 Å². The standard InChI is InChI=1S/C7H8NO2/c1-2-10-7-4-3-5-8(9)6-7/h3-5H,2H2,1H3. The summed E-state index contributed by atoms with van der Waals surface area (Å²) in [5, 5.41) is 10.5. The molecule has 0 fully saturated rings. The number of ether oxygens (including phenoxy) is 1. The summed E-state index contributed by atoms with van der Waals surface area (Å²) < 4.78 is 5.60. The van der Waals surface area contributed by atoms with Crippen molar-refractivity contribution in [2.24, 2.45) is 0 Å². The quantitative estimate of drug-likeness (QED) is 0.441. The number of pyridine rings is 1. The van der Waals surface area contributed by atoms with Gasteiger partial charge in [-0.2, -0.15) is 4.73 Å². The molecule has 53 valence electrons. The maximum atomic E-state index is 10.5. The topological polar surface area (TPSA) is 36.2 Å². The monoisotopic (exact) mass is 138 g/mol. The van der Waals surface area contributed by atoms with E-state index < -0.39 is 0 Å². The third kappa shape index (κ3) is 1.62. The lowest BCUT2D eigenvalue weighted by molar-refractivity contribution is -0.610. The Bertz CT molecular complexity index is 213. The molecule has 1 heterocycles. The number of rotatable bonds is 2. The van der Waals surface area contributed by atoms with E-state index in [9.17, 15) is 5.21 Å². The van der Waals surface area contributed by atoms with E-state index in [1.165, 1.54) is 6.20 Å². The lowest BCUT2D eigenvalue weighted by Crippen LogP contribution is -2.24. The molecule has 1 rings (SSSR count). The van der Waals surface area contributed by atoms with Gasteiger partial charge >= 0.3 is 6.20 Å². The third-order valence-electron chi connectivity index (χ3n) is 0.989. The van der Waals surface area contributed by atoms with Crippen LogP contribution in [0.1, 0.15) is 6.92 Å². The molecule has 1 radical (unpaired) electrons. The van der Waals surface area contributed by atoms with Crippen molar-refractivity contribution in [3.63, 3.8) is 0 Å². The molecule has 0 aliphatic heterocycles. The normalized spacial score (nSPS) is 9.30. The second-order valence-corrected chi connectivity index (χ2v) is 1.74. The maximum Gasteiger partial charge on any atom is 0.336 e. The lowest BCUT2D eigenvalue weighted by atomic mass is 10.5. The van der Waals surface area contributed by atoms with Gasteiger partial charge in [-0.05, 0) is 13.0 Å². The zero-order valence-electron chi connectivity index (χ0n) is 5.70. The van der Waals surface area contributed by atoms with E-state index in [4.69, 9.17) is 4.74 Å². The molecule has 0 unspecified atom stereocenters. The van der Waals surface area contributed by atoms with Gasteiger partial charge in [-0.25, -0.2) is 0 Å². The molecular weight excluding hydrogens is 130 g/mol. The fraction of sp³-hybridized carbons (Fsp3) is 0.286. The Morgan fingerprint density at radius 2 is 2.60 bits per heavy atom. The zero-order chi connectivity index (χ0) is 7.40. The van der Waals surface area contributed by atoms with Crippen molar-refractivity contribution in [3.8, 4) is 5.75 Å². The number of hydrogen-bond donors (Lipinski definition) is 0. The molecule has 0 spiro atoms. The summed E-state index contributed by atoms with van der Waals surface area (Å²) in [6, 6.07) is 3.31. The van der Waals surface area contributed by atoms with E-state index in [1.54, 1.807) is 12.1 Å². The van der Waals surface area contributed by atoms with Gasteiger partial charge in [0.25, 0.3) is 0 Å². The minimum atomic E-state index is 0.486. The second-order valence-electron chi connectivity index (χ2n) is 1.74. The lowest BCUT2D eigenvalue weighted by Gasteiger charge is -1.98. The highest BCUT2D eigenvalue weighted by Crippen LogP contribution is 2.02. The molecule has 0 aliphatic rings. The van der Waals surface area contributed by atoms with Crippen LogP contribution >= 0.6 is 0 Å². The molecule has 0 N–H and O–H groups in total. The van der Waals surface area contributed by atoms with Crippen molar-refractivity contribution in [1.82, 2.24) is 0 Å². The summed E-state index contributed by atoms with van der Waals surface area (Å²) in [4.78, 5) is 0. The minimum absolute atomic E-state index is 0.486. The van der Waals surface area contributed by atoms with Crippen LogP contribution in [0.25, 0.3) is 0 Å². The molecule has 0 saturated heterocycles. The van der Waals surface area contributed by atoms with Crippen molar-refractivity contribution >= 4 is 0 Å². The van der Waals surface area contributed by atoms with Gasteiger partial charge in [0.05, 0.1) is 6.61 Å². The average Bonchev–Trinajstić information content (AvgIpc) is 1.88. The van der Waals surface area contributed by atoms with Crippen LogP contribution in [0.4, 0.5) is 0 Å². The first-order chi connectivity index (χ1) is 4.83. The van der Waals surface area contributed by atoms with Crippen molar-refractivity contribution in [2.45, 2.75) is 6.92 Å². The van der Waals surface area contributed by atoms with Gasteiger partial charge in [0.1, 0.15) is 0 Å². The second kappa shape index (κ2) is 3.06. The van der Waals surface area contributed by atoms with E-state index in [0.717, 1.165) is 0 Å². The summed E-state index contributed by atoms with van der Waals surface area (Å²) in [5.41, 5.74) is 0. The molecule has 1 aromatic heterocycles. The molecule has 10 heavy (non-hydrogen) atoms. The molecule has 0 atom stereocenters. The van der Waals surface area contributed by atoms with Crippen molar-refractivity contribution in [2.75, 3.05) is 6.61 Å². The highest BCUT2D eigenvalue weighted by Gasteiger charge is 1.96. The van der Waals surface area contributed by atoms with Gasteiger partial charge in [-0.1, -0.05) is 0 Å². The van der Waals surface area contributed by atoms with Gasteiger partial charge < -0.3 is 9.94 Å². The van der Waals surface area contributed by atoms with Gasteiger partial charge in [-0.3, -0.25) is 0 Å². The Kier molecular flexibility index (Phi) is 2.10. The smallest absolute Gasteiger partial charge is 0.336 e. The van der Waals surface area contributed by atoms with Crippen molar-refractivity contribution in [1.29, 1.82) is 0 Å². The predicted molar refractivity (Wildman–Crippen MR) is 35.4 cm³/mol. The van der Waals surface area contributed by atoms with Crippen LogP contribution in [-0.2, 0) is 0 Å². The number of aromatic nitrogens is 1. The Hall–Kier alpha value is -1.25. The first-order valence-electron chi connectivity index (χ1n) is 3.07. The third-order valence-corrected chi connectivity index (χ3v) is 0.989. The zero-order valence-corrected chi connectivity index (χ0v) is 5.70. The summed E-state index contributed by atoms with van der Waals surface area (Å²) in [7, 11) is 0. The highest BCUT2D eigenvalue weighted by atomic mass is 16.5. The Morgan fingerprint density at radius 1 is 1.80 bits per heavy atom. The van der Waals surface area contributed by atoms with E-state index in [2.05, 4.69) is 6.20 Å². The van der Waals surface area contributed by atoms with Crippen LogP contribution in [0.2, 0.25) is 0 Å². The summed E-state index contributed by atoms with van der Waals surface area (Å²) >= 11 is 0. The van der Waals surface area contributed by atoms with Gasteiger partial charge in [0, 0.05) is 6.07 Å². The predicted octanol–water partition coefficient (Wildman–Crippen LogP) is 0.519. The first-order valence-corrected chi connectivity index (χ1v) is 3.07. The van der Waals surface area contributed by atoms with Crippen LogP contribution < -0.4 is 9.47 Å². The van der Waals surface area contributed by atoms with E-state index in [1.807, 2.05) is 6.92 Å². The molecular formula is C7H8NO2. The van der Waals surface area contributed by atoms with Gasteiger partial charge in [-0.15, -0.1) is 0 Å². The first kappa shape index (κ1) is 6.86. The molecule has 0 aromatic carbocycles. The van der Waals surface area contributed by atoms with Crippen LogP contribution in [0, 0.1) is 11.4 Å². The molecule has 3 heteroatoms. The summed E-state index contributed by atoms with van der Waals surface area (Å²) in [5.74, 6) is 0.486. The summed E-state index contributed by atoms with van der Waals surface area (Å²) in [6.07, 6.45) is 3.81. The molecule has 0 aliphatic carbocycles. The van der Waals surface area contributed by atoms with Crippen LogP contribution in [0.15, 0.2) is 18.3 Å². The molecule has 0 bridgehead atoms. The SMILES string of the molecule is CCOc1[c][n+]([O-])ccc1. The number of nitrogens with zero attached hydrogens (tertiary/aromatic N) is 1. The summed E-state index contributed by atoms with van der Waals surface area (Å²) in [6.45, 7) is 2.41. The Balaban J connectivity index is 2.75. The Labute approximate surface area is 59.5 Å². The van der Waals surface area contributed by atoms with Crippen LogP contribution in [0.5, 0.6) is 5.75 Å². The fourth-order valence-corrected chi connectivity index (χ4v) is 0.628. The van der Waals surface area contributed by atoms with Gasteiger partial charge in [0.15, 0.2) is 11.9 Å². The molecule has 0 saturated carbocycles. The Morgan fingerprint density at radius 3 is 3.20 bits per heavy atom. The van der Waals surface area contributed by atoms with E-state index in [0.29, 0.717) is 17.1 Å². The fourth-order valence-electron chi connectivity index (χ4n) is 0.628. The van der Waals surface area contributed by atoms with Crippen molar-refractivity contribution < 1.29 is 9.47 Å². The van der Waals surface area contributed by atoms with Crippen molar-refractivity contribution in [3.05, 3.63) is 29.7 Å². The maximum absolute atomic E-state index is 10.5. The van der Waals surface area contributed by atoms with Crippen LogP contribution in [-0.4, -0.2) is 6.61 Å². The molecule has 0 amide bonds. The van der Waals surface area contributed by atoms with E-state index >= 15 is 0 Å². The molecule has 3 nitrogen and oxygen atoms in total. The average molecular weight is 138 g/mol. The largest absolute Gasteiger partial charge is 0.618 e. The minimum Gasteiger partial charge on any atom is -0.618 e. The van der Waals surface area contributed by atoms with Crippen LogP contribution in [0.3, 0.4) is 0 Å². The van der Waals surface area contributed by atoms with E-state index in [-0.39, 0.29) is 0 Å². The highest BCUT2D eigenvalue weighted by molar-refractivity contribution is 5.10. The molecule has 1 aromatic rings.